The van der Waals surface area contributed by atoms with Gasteiger partial charge in [0.25, 0.3) is 29.5 Å². The van der Waals surface area contributed by atoms with Crippen molar-refractivity contribution < 1.29 is 41.5 Å². The molecular formula is C77H71Cl5F4N20O5. The standard InChI is InChI=1S/2C16H14ClFN4O.2C15H14ClFN4O.C15H15ClN4O/c1-22-8-10(7-19-22)16(2-3-16)21-15(23)14-5-9-4-11(17)12(18)6-13(9)20-14;1-22-8-10(7-19-22)16(2-3-16)21-15(23)13-5-9-4-11(17)6-12(18)14(9)20-13;1-8(10-6-18-21(2)7-10)19-15(22)14-4-9-3-11(16)12(17)5-13(9)20-14;1-8(10-6-18-21(2)7-10)19-15(22)13-4-9-3-11(16)5-12(17)14(9)20-13;1-9(12-5-6-20(2)19-12)17-15(21)14-8-10-7-11(16)3-4-13(10)18-14/h2*4-8,20H,2-3H2,1H3,(H,21,23);2*3-8,20H,1-2H3,(H,19,22);3-9,18H,1-2H3,(H,17,21). The first kappa shape index (κ1) is 77.5. The van der Waals surface area contributed by atoms with E-state index >= 15 is 0 Å². The molecule has 2 aliphatic carbocycles. The van der Waals surface area contributed by atoms with Gasteiger partial charge in [0.15, 0.2) is 0 Å². The van der Waals surface area contributed by atoms with Gasteiger partial charge in [0.05, 0.1) is 80.8 Å². The minimum absolute atomic E-state index is 0.0298. The van der Waals surface area contributed by atoms with Crippen LogP contribution in [0.3, 0.4) is 0 Å². The molecule has 5 amide bonds. The van der Waals surface area contributed by atoms with Gasteiger partial charge in [0.1, 0.15) is 51.7 Å². The third-order valence-corrected chi connectivity index (χ3v) is 20.1. The number of halogens is 9. The minimum Gasteiger partial charge on any atom is -0.351 e. The molecule has 0 radical (unpaired) electrons. The van der Waals surface area contributed by atoms with Crippen molar-refractivity contribution in [2.24, 2.45) is 35.2 Å². The van der Waals surface area contributed by atoms with Gasteiger partial charge in [-0.25, -0.2) is 17.6 Å². The zero-order valence-corrected chi connectivity index (χ0v) is 64.3. The van der Waals surface area contributed by atoms with Gasteiger partial charge < -0.3 is 51.5 Å². The number of hydrogen-bond acceptors (Lipinski definition) is 10. The number of rotatable bonds is 15. The molecule has 34 heteroatoms. The van der Waals surface area contributed by atoms with E-state index in [2.05, 4.69) is 77.0 Å². The highest BCUT2D eigenvalue weighted by atomic mass is 35.5. The van der Waals surface area contributed by atoms with Gasteiger partial charge in [-0.2, -0.15) is 25.5 Å². The Hall–Kier alpha value is -11.6. The van der Waals surface area contributed by atoms with Gasteiger partial charge in [-0.15, -0.1) is 0 Å². The third kappa shape index (κ3) is 17.8. The number of aromatic amines is 5. The number of aromatic nitrogens is 15. The molecule has 111 heavy (non-hydrogen) atoms. The lowest BCUT2D eigenvalue weighted by molar-refractivity contribution is 0.0918. The van der Waals surface area contributed by atoms with E-state index in [9.17, 15) is 41.5 Å². The van der Waals surface area contributed by atoms with E-state index in [0.717, 1.165) is 64.5 Å². The molecule has 2 fully saturated rings. The van der Waals surface area contributed by atoms with Crippen molar-refractivity contribution in [3.63, 3.8) is 0 Å². The van der Waals surface area contributed by atoms with E-state index in [1.165, 1.54) is 36.4 Å². The summed E-state index contributed by atoms with van der Waals surface area (Å²) in [6.07, 6.45) is 19.7. The quantitative estimate of drug-likeness (QED) is 0.0433. The average Bonchev–Trinajstić information content (AvgIpc) is 1.60. The van der Waals surface area contributed by atoms with Crippen LogP contribution in [-0.4, -0.2) is 103 Å². The molecule has 25 nitrogen and oxygen atoms in total. The lowest BCUT2D eigenvalue weighted by Gasteiger charge is -2.15. The Kier molecular flexibility index (Phi) is 22.2. The lowest BCUT2D eigenvalue weighted by atomic mass is 10.1. The van der Waals surface area contributed by atoms with Gasteiger partial charge in [-0.05, 0) is 150 Å². The number of carbonyl (C=O) groups is 5. The van der Waals surface area contributed by atoms with Crippen molar-refractivity contribution in [2.45, 2.75) is 75.7 Å². The van der Waals surface area contributed by atoms with Gasteiger partial charge >= 0.3 is 0 Å². The first-order valence-electron chi connectivity index (χ1n) is 34.6. The third-order valence-electron chi connectivity index (χ3n) is 18.8. The number of H-pyrrole nitrogens is 5. The smallest absolute Gasteiger partial charge is 0.268 e. The molecule has 10 heterocycles. The molecule has 0 aliphatic heterocycles. The molecule has 572 valence electrons. The largest absolute Gasteiger partial charge is 0.351 e. The van der Waals surface area contributed by atoms with Gasteiger partial charge in [-0.1, -0.05) is 58.0 Å². The summed E-state index contributed by atoms with van der Waals surface area (Å²) in [5.74, 6) is -3.24. The molecule has 10 aromatic heterocycles. The van der Waals surface area contributed by atoms with Crippen LogP contribution in [0.2, 0.25) is 25.1 Å². The van der Waals surface area contributed by atoms with Crippen LogP contribution in [0.5, 0.6) is 0 Å². The fourth-order valence-electron chi connectivity index (χ4n) is 12.5. The van der Waals surface area contributed by atoms with E-state index in [-0.39, 0.29) is 85.5 Å². The number of nitrogens with one attached hydrogen (secondary N) is 10. The molecule has 17 rings (SSSR count). The maximum Gasteiger partial charge on any atom is 0.268 e. The van der Waals surface area contributed by atoms with Crippen LogP contribution in [0.25, 0.3) is 54.5 Å². The second-order valence-corrected chi connectivity index (χ2v) is 29.5. The Bertz CT molecular complexity index is 5970. The normalized spacial score (nSPS) is 13.9. The van der Waals surface area contributed by atoms with Crippen LogP contribution < -0.4 is 26.6 Å². The number of aryl methyl sites for hydroxylation is 5. The monoisotopic (exact) mass is 1610 g/mol. The van der Waals surface area contributed by atoms with Gasteiger partial charge in [-0.3, -0.25) is 47.4 Å². The molecule has 10 N–H and O–H groups in total. The Labute approximate surface area is 654 Å². The van der Waals surface area contributed by atoms with Crippen LogP contribution in [0.15, 0.2) is 159 Å². The second-order valence-electron chi connectivity index (χ2n) is 27.3. The molecule has 0 saturated heterocycles. The van der Waals surface area contributed by atoms with E-state index in [0.29, 0.717) is 70.4 Å². The van der Waals surface area contributed by atoms with E-state index < -0.39 is 23.3 Å². The topological polar surface area (TPSA) is 314 Å². The maximum absolute atomic E-state index is 13.9. The Morgan fingerprint density at radius 3 is 1.16 bits per heavy atom. The summed E-state index contributed by atoms with van der Waals surface area (Å²) in [6, 6.07) is 26.3. The van der Waals surface area contributed by atoms with E-state index in [4.69, 9.17) is 58.0 Å². The number of amides is 5. The van der Waals surface area contributed by atoms with Crippen LogP contribution in [0.4, 0.5) is 17.6 Å². The van der Waals surface area contributed by atoms with Crippen molar-refractivity contribution in [1.82, 2.24) is 100 Å². The van der Waals surface area contributed by atoms with Gasteiger partial charge in [0, 0.05) is 147 Å². The van der Waals surface area contributed by atoms with Crippen molar-refractivity contribution in [3.8, 4) is 0 Å². The highest BCUT2D eigenvalue weighted by molar-refractivity contribution is 6.33. The molecule has 0 spiro atoms. The molecule has 5 aromatic carbocycles. The molecule has 2 aliphatic rings. The van der Waals surface area contributed by atoms with Crippen molar-refractivity contribution in [2.75, 3.05) is 0 Å². The Morgan fingerprint density at radius 2 is 0.766 bits per heavy atom. The summed E-state index contributed by atoms with van der Waals surface area (Å²) in [7, 11) is 9.15. The fraction of sp³-hybridized carbons (Fsp3) is 0.221. The summed E-state index contributed by atoms with van der Waals surface area (Å²) in [5.41, 5.74) is 8.26. The summed E-state index contributed by atoms with van der Waals surface area (Å²) in [4.78, 5) is 76.4. The molecule has 0 bridgehead atoms. The molecule has 3 unspecified atom stereocenters. The van der Waals surface area contributed by atoms with Crippen LogP contribution in [-0.2, 0) is 46.3 Å². The molecular weight excluding hydrogens is 1540 g/mol. The minimum atomic E-state index is -0.522. The number of nitrogens with zero attached hydrogens (tertiary/aromatic N) is 10. The maximum atomic E-state index is 13.9. The zero-order chi connectivity index (χ0) is 79.1. The number of benzene rings is 5. The van der Waals surface area contributed by atoms with E-state index in [1.807, 2.05) is 105 Å². The van der Waals surface area contributed by atoms with Crippen LogP contribution >= 0.6 is 58.0 Å². The van der Waals surface area contributed by atoms with E-state index in [1.54, 1.807) is 96.7 Å². The predicted octanol–water partition coefficient (Wildman–Crippen LogP) is 15.6. The Balaban J connectivity index is 0.000000122. The molecule has 3 atom stereocenters. The Morgan fingerprint density at radius 1 is 0.396 bits per heavy atom. The highest BCUT2D eigenvalue weighted by Gasteiger charge is 2.48. The lowest BCUT2D eigenvalue weighted by Crippen LogP contribution is -2.34. The summed E-state index contributed by atoms with van der Waals surface area (Å²) in [5, 5.41) is 40.2. The van der Waals surface area contributed by atoms with Crippen LogP contribution in [0, 0.1) is 23.3 Å². The summed E-state index contributed by atoms with van der Waals surface area (Å²) >= 11 is 29.1. The number of fused-ring (bicyclic) bond motifs is 5. The number of carbonyl (C=O) groups excluding carboxylic acids is 5. The fourth-order valence-corrected chi connectivity index (χ4v) is 13.4. The van der Waals surface area contributed by atoms with Crippen molar-refractivity contribution in [3.05, 3.63) is 264 Å². The SMILES string of the molecule is CC(NC(=O)c1cc2cc(Cl)c(F)cc2[nH]1)c1cnn(C)c1.CC(NC(=O)c1cc2cc(Cl)cc(F)c2[nH]1)c1cnn(C)c1.CC(NC(=O)c1cc2cc(Cl)ccc2[nH]1)c1ccn(C)n1.Cn1cc(C2(NC(=O)c3cc4cc(Cl)c(F)cc4[nH]3)CC2)cn1.Cn1cc(C2(NC(=O)c3cc4cc(Cl)cc(F)c4[nH]3)CC2)cn1. The first-order chi connectivity index (χ1) is 52.8. The predicted molar refractivity (Wildman–Crippen MR) is 417 cm³/mol. The number of hydrogen-bond donors (Lipinski definition) is 10. The van der Waals surface area contributed by atoms with Crippen molar-refractivity contribution in [1.29, 1.82) is 0 Å². The van der Waals surface area contributed by atoms with Crippen LogP contribution in [0.1, 0.15) is 145 Å². The highest BCUT2D eigenvalue weighted by Crippen LogP contribution is 2.47. The average molecular weight is 1610 g/mol. The summed E-state index contributed by atoms with van der Waals surface area (Å²) < 4.78 is 63.1. The molecule has 2 saturated carbocycles. The van der Waals surface area contributed by atoms with Crippen molar-refractivity contribution >= 4 is 142 Å². The summed E-state index contributed by atoms with van der Waals surface area (Å²) in [6.45, 7) is 5.63. The second kappa shape index (κ2) is 31.8. The van der Waals surface area contributed by atoms with Gasteiger partial charge in [0.2, 0.25) is 0 Å². The molecule has 15 aromatic rings. The zero-order valence-electron chi connectivity index (χ0n) is 60.5. The first-order valence-corrected chi connectivity index (χ1v) is 36.4.